The molecule has 0 radical (unpaired) electrons. The molecule has 2 rings (SSSR count). The van der Waals surface area contributed by atoms with Crippen LogP contribution in [0.1, 0.15) is 184 Å². The van der Waals surface area contributed by atoms with Crippen molar-refractivity contribution in [1.82, 2.24) is 10.6 Å². The monoisotopic (exact) mass is 547 g/mol. The number of amidine groups is 2. The molecule has 1 unspecified atom stereocenters. The van der Waals surface area contributed by atoms with Crippen molar-refractivity contribution >= 4 is 11.7 Å². The summed E-state index contributed by atoms with van der Waals surface area (Å²) >= 11 is 0. The van der Waals surface area contributed by atoms with Gasteiger partial charge in [-0.25, -0.2) is 0 Å². The zero-order valence-electron chi connectivity index (χ0n) is 28.0. The van der Waals surface area contributed by atoms with Gasteiger partial charge >= 0.3 is 0 Å². The summed E-state index contributed by atoms with van der Waals surface area (Å²) in [5, 5.41) is 6.95. The van der Waals surface area contributed by atoms with Gasteiger partial charge in [0, 0.05) is 25.9 Å². The normalized spacial score (nSPS) is 20.1. The fourth-order valence-electron chi connectivity index (χ4n) is 5.34. The first-order valence-corrected chi connectivity index (χ1v) is 17.2. The van der Waals surface area contributed by atoms with E-state index in [0.29, 0.717) is 0 Å². The quantitative estimate of drug-likeness (QED) is 0.149. The maximum absolute atomic E-state index is 4.96. The Morgan fingerprint density at radius 1 is 0.538 bits per heavy atom. The van der Waals surface area contributed by atoms with Crippen LogP contribution in [0.2, 0.25) is 0 Å². The van der Waals surface area contributed by atoms with Crippen LogP contribution < -0.4 is 10.6 Å². The summed E-state index contributed by atoms with van der Waals surface area (Å²) in [7, 11) is 0. The first-order valence-electron chi connectivity index (χ1n) is 17.2. The summed E-state index contributed by atoms with van der Waals surface area (Å²) < 4.78 is 0. The van der Waals surface area contributed by atoms with Crippen LogP contribution in [0.5, 0.6) is 0 Å². The van der Waals surface area contributed by atoms with Gasteiger partial charge in [-0.15, -0.1) is 0 Å². The molecule has 2 N–H and O–H groups in total. The minimum atomic E-state index is 0.0710. The van der Waals surface area contributed by atoms with Crippen LogP contribution in [-0.4, -0.2) is 35.8 Å². The van der Waals surface area contributed by atoms with E-state index in [4.69, 9.17) is 9.98 Å². The number of nitrogens with zero attached hydrogens (tertiary/aromatic N) is 2. The molecule has 2 heterocycles. The highest BCUT2D eigenvalue weighted by Gasteiger charge is 2.40. The van der Waals surface area contributed by atoms with E-state index in [2.05, 4.69) is 66.0 Å². The summed E-state index contributed by atoms with van der Waals surface area (Å²) in [6.45, 7) is 20.1. The summed E-state index contributed by atoms with van der Waals surface area (Å²) in [6.07, 6.45) is 27.4. The third kappa shape index (κ3) is 16.7. The van der Waals surface area contributed by atoms with E-state index in [1.54, 1.807) is 0 Å². The molecule has 0 aromatic rings. The zero-order valence-corrected chi connectivity index (χ0v) is 28.0. The molecule has 39 heavy (non-hydrogen) atoms. The average Bonchev–Trinajstić information content (AvgIpc) is 3.44. The predicted molar refractivity (Wildman–Crippen MR) is 177 cm³/mol. The summed E-state index contributed by atoms with van der Waals surface area (Å²) in [4.78, 5) is 9.66. The van der Waals surface area contributed by atoms with Gasteiger partial charge in [0.15, 0.2) is 0 Å². The van der Waals surface area contributed by atoms with E-state index in [1.807, 2.05) is 0 Å². The van der Waals surface area contributed by atoms with Crippen molar-refractivity contribution in [2.45, 2.75) is 195 Å². The van der Waals surface area contributed by atoms with Gasteiger partial charge in [0.2, 0.25) is 0 Å². The fourth-order valence-corrected chi connectivity index (χ4v) is 5.34. The Balaban J connectivity index is 0.000000395. The lowest BCUT2D eigenvalue weighted by Crippen LogP contribution is -2.41. The first-order chi connectivity index (χ1) is 18.5. The number of hydrogen-bond donors (Lipinski definition) is 2. The lowest BCUT2D eigenvalue weighted by molar-refractivity contribution is 0.224. The molecule has 0 aromatic heterocycles. The van der Waals surface area contributed by atoms with Gasteiger partial charge in [-0.2, -0.15) is 0 Å². The van der Waals surface area contributed by atoms with Crippen LogP contribution >= 0.6 is 0 Å². The molecule has 0 aromatic carbocycles. The number of unbranched alkanes of at least 4 members (excludes halogenated alkanes) is 16. The van der Waals surface area contributed by atoms with Gasteiger partial charge in [0.1, 0.15) is 0 Å². The largest absolute Gasteiger partial charge is 0.371 e. The van der Waals surface area contributed by atoms with Gasteiger partial charge in [-0.3, -0.25) is 9.98 Å². The highest BCUT2D eigenvalue weighted by atomic mass is 15.1. The third-order valence-electron chi connectivity index (χ3n) is 8.83. The predicted octanol–water partition coefficient (Wildman–Crippen LogP) is 10.4. The highest BCUT2D eigenvalue weighted by Crippen LogP contribution is 2.35. The number of aliphatic imine (C=N–C) groups is 2. The molecular formula is C35H70N4. The van der Waals surface area contributed by atoms with Crippen molar-refractivity contribution in [3.8, 4) is 0 Å². The molecular weight excluding hydrogens is 476 g/mol. The van der Waals surface area contributed by atoms with Crippen LogP contribution in [0.15, 0.2) is 9.98 Å². The van der Waals surface area contributed by atoms with Crippen LogP contribution in [0.3, 0.4) is 0 Å². The smallest absolute Gasteiger partial charge is 0.0971 e. The van der Waals surface area contributed by atoms with Gasteiger partial charge in [0.25, 0.3) is 0 Å². The second-order valence-electron chi connectivity index (χ2n) is 14.3. The average molecular weight is 547 g/mol. The summed E-state index contributed by atoms with van der Waals surface area (Å²) in [6, 6.07) is 0. The molecule has 0 amide bonds. The van der Waals surface area contributed by atoms with E-state index >= 15 is 0 Å². The Hall–Kier alpha value is -1.06. The van der Waals surface area contributed by atoms with Crippen molar-refractivity contribution < 1.29 is 0 Å². The first kappa shape index (κ1) is 36.0. The van der Waals surface area contributed by atoms with Crippen LogP contribution in [-0.2, 0) is 0 Å². The van der Waals surface area contributed by atoms with Gasteiger partial charge in [0.05, 0.1) is 22.7 Å². The maximum atomic E-state index is 4.96. The minimum absolute atomic E-state index is 0.0710. The van der Waals surface area contributed by atoms with Crippen molar-refractivity contribution in [2.24, 2.45) is 15.4 Å². The van der Waals surface area contributed by atoms with Gasteiger partial charge in [-0.1, -0.05) is 137 Å². The van der Waals surface area contributed by atoms with Crippen molar-refractivity contribution in [3.05, 3.63) is 0 Å². The van der Waals surface area contributed by atoms with E-state index in [-0.39, 0.29) is 16.5 Å². The maximum Gasteiger partial charge on any atom is 0.0971 e. The Morgan fingerprint density at radius 2 is 0.897 bits per heavy atom. The van der Waals surface area contributed by atoms with Crippen molar-refractivity contribution in [2.75, 3.05) is 13.1 Å². The minimum Gasteiger partial charge on any atom is -0.371 e. The van der Waals surface area contributed by atoms with Gasteiger partial charge < -0.3 is 10.6 Å². The summed E-state index contributed by atoms with van der Waals surface area (Å²) in [5.41, 5.74) is 0.441. The van der Waals surface area contributed by atoms with Crippen LogP contribution in [0.4, 0.5) is 0 Å². The number of nitrogens with one attached hydrogen (secondary N) is 2. The molecule has 2 aliphatic heterocycles. The fraction of sp³-hybridized carbons (Fsp3) is 0.943. The second kappa shape index (κ2) is 19.9. The molecule has 4 nitrogen and oxygen atoms in total. The standard InChI is InChI=1S/C19H38N2.C16H32N2/c1-6-7-8-9-10-11-12-13-14-15-17-20-16-19(5,21-17)18(2,3)4;1-4-5-6-7-8-9-10-11-12-13-15-17-14-16(2,3)18-15/h6-16H2,1-5H3,(H,20,21);4-14H2,1-3H3,(H,17,18). The van der Waals surface area contributed by atoms with Crippen molar-refractivity contribution in [1.29, 1.82) is 0 Å². The Kier molecular flexibility index (Phi) is 18.4. The molecule has 0 bridgehead atoms. The number of rotatable bonds is 20. The van der Waals surface area contributed by atoms with Crippen LogP contribution in [0, 0.1) is 5.41 Å². The SMILES string of the molecule is CCCCCCCCCCCC1=NC(C)(C(C)(C)C)CN1.CCCCCCCCCCCC1=NC(C)(C)CN1. The number of hydrogen-bond acceptors (Lipinski definition) is 4. The molecule has 0 spiro atoms. The van der Waals surface area contributed by atoms with E-state index < -0.39 is 0 Å². The third-order valence-corrected chi connectivity index (χ3v) is 8.83. The molecule has 0 saturated heterocycles. The Bertz CT molecular complexity index is 673. The highest BCUT2D eigenvalue weighted by molar-refractivity contribution is 5.84. The molecule has 2 aliphatic rings. The molecule has 0 saturated carbocycles. The van der Waals surface area contributed by atoms with Crippen molar-refractivity contribution in [3.63, 3.8) is 0 Å². The molecule has 1 atom stereocenters. The van der Waals surface area contributed by atoms with E-state index in [1.165, 1.54) is 127 Å². The molecule has 4 heteroatoms. The Morgan fingerprint density at radius 3 is 1.23 bits per heavy atom. The molecule has 0 fully saturated rings. The lowest BCUT2D eigenvalue weighted by Gasteiger charge is -2.34. The second-order valence-corrected chi connectivity index (χ2v) is 14.3. The molecule has 0 aliphatic carbocycles. The molecule has 230 valence electrons. The summed E-state index contributed by atoms with van der Waals surface area (Å²) in [5.74, 6) is 2.48. The topological polar surface area (TPSA) is 48.8 Å². The Labute approximate surface area is 245 Å². The van der Waals surface area contributed by atoms with E-state index in [9.17, 15) is 0 Å². The zero-order chi connectivity index (χ0) is 29.0. The van der Waals surface area contributed by atoms with Crippen LogP contribution in [0.25, 0.3) is 0 Å². The van der Waals surface area contributed by atoms with Gasteiger partial charge in [-0.05, 0) is 39.0 Å². The van der Waals surface area contributed by atoms with E-state index in [0.717, 1.165) is 25.9 Å². The lowest BCUT2D eigenvalue weighted by atomic mass is 9.76.